The standard InChI is InChI=1S/C17H18Cl2N4O/c18-11-6-7-13(19)14(8-11)23-17(24)15-9-16(21-10-20-15)22-12-4-2-1-3-5-12/h6-10,12H,1-5H2,(H,23,24)(H,20,21,22). The van der Waals surface area contributed by atoms with Gasteiger partial charge < -0.3 is 10.6 Å². The maximum absolute atomic E-state index is 12.4. The first-order valence-corrected chi connectivity index (χ1v) is 8.72. The Balaban J connectivity index is 1.70. The van der Waals surface area contributed by atoms with E-state index >= 15 is 0 Å². The number of benzene rings is 1. The van der Waals surface area contributed by atoms with Crippen LogP contribution in [0.15, 0.2) is 30.6 Å². The molecule has 126 valence electrons. The summed E-state index contributed by atoms with van der Waals surface area (Å²) in [4.78, 5) is 20.6. The van der Waals surface area contributed by atoms with Gasteiger partial charge in [-0.3, -0.25) is 4.79 Å². The van der Waals surface area contributed by atoms with E-state index in [-0.39, 0.29) is 11.6 Å². The van der Waals surface area contributed by atoms with Crippen molar-refractivity contribution in [3.8, 4) is 0 Å². The normalized spacial score (nSPS) is 15.1. The predicted octanol–water partition coefficient (Wildman–Crippen LogP) is 4.78. The van der Waals surface area contributed by atoms with Crippen LogP contribution in [0, 0.1) is 0 Å². The molecule has 7 heteroatoms. The van der Waals surface area contributed by atoms with Crippen LogP contribution in [0.3, 0.4) is 0 Å². The molecule has 3 rings (SSSR count). The van der Waals surface area contributed by atoms with E-state index in [1.165, 1.54) is 25.6 Å². The number of hydrogen-bond donors (Lipinski definition) is 2. The molecular formula is C17H18Cl2N4O. The lowest BCUT2D eigenvalue weighted by Crippen LogP contribution is -2.23. The monoisotopic (exact) mass is 364 g/mol. The first kappa shape index (κ1) is 17.0. The molecule has 2 N–H and O–H groups in total. The Morgan fingerprint density at radius 2 is 1.88 bits per heavy atom. The first-order valence-electron chi connectivity index (χ1n) is 7.97. The summed E-state index contributed by atoms with van der Waals surface area (Å²) in [5.74, 6) is 0.313. The van der Waals surface area contributed by atoms with E-state index in [1.54, 1.807) is 24.3 Å². The van der Waals surface area contributed by atoms with Gasteiger partial charge in [-0.2, -0.15) is 0 Å². The number of hydrogen-bond acceptors (Lipinski definition) is 4. The van der Waals surface area contributed by atoms with Gasteiger partial charge in [-0.1, -0.05) is 42.5 Å². The van der Waals surface area contributed by atoms with Gasteiger partial charge in [0.1, 0.15) is 17.8 Å². The van der Waals surface area contributed by atoms with Gasteiger partial charge in [-0.25, -0.2) is 9.97 Å². The van der Waals surface area contributed by atoms with Gasteiger partial charge in [0, 0.05) is 17.1 Å². The Hall–Kier alpha value is -1.85. The van der Waals surface area contributed by atoms with Gasteiger partial charge >= 0.3 is 0 Å². The molecule has 24 heavy (non-hydrogen) atoms. The van der Waals surface area contributed by atoms with Gasteiger partial charge in [0.2, 0.25) is 0 Å². The molecule has 0 atom stereocenters. The lowest BCUT2D eigenvalue weighted by molar-refractivity contribution is 0.102. The van der Waals surface area contributed by atoms with Crippen molar-refractivity contribution in [3.63, 3.8) is 0 Å². The molecule has 0 bridgehead atoms. The topological polar surface area (TPSA) is 66.9 Å². The molecule has 1 aromatic heterocycles. The SMILES string of the molecule is O=C(Nc1cc(Cl)ccc1Cl)c1cc(NC2CCCCC2)ncn1. The molecule has 0 unspecified atom stereocenters. The number of nitrogens with zero attached hydrogens (tertiary/aromatic N) is 2. The molecule has 1 fully saturated rings. The summed E-state index contributed by atoms with van der Waals surface area (Å²) in [6.07, 6.45) is 7.38. The largest absolute Gasteiger partial charge is 0.367 e. The molecule has 5 nitrogen and oxygen atoms in total. The molecule has 1 heterocycles. The van der Waals surface area contributed by atoms with Crippen molar-refractivity contribution in [1.82, 2.24) is 9.97 Å². The zero-order valence-corrected chi connectivity index (χ0v) is 14.6. The average Bonchev–Trinajstić information content (AvgIpc) is 2.59. The summed E-state index contributed by atoms with van der Waals surface area (Å²) >= 11 is 12.0. The summed E-state index contributed by atoms with van der Waals surface area (Å²) in [6, 6.07) is 6.96. The van der Waals surface area contributed by atoms with Gasteiger partial charge in [0.05, 0.1) is 10.7 Å². The summed E-state index contributed by atoms with van der Waals surface area (Å²) in [5, 5.41) is 7.02. The number of halogens is 2. The number of carbonyl (C=O) groups is 1. The van der Waals surface area contributed by atoms with Crippen LogP contribution in [-0.2, 0) is 0 Å². The third kappa shape index (κ3) is 4.36. The minimum atomic E-state index is -0.353. The molecule has 1 aliphatic carbocycles. The van der Waals surface area contributed by atoms with Crippen molar-refractivity contribution in [1.29, 1.82) is 0 Å². The highest BCUT2D eigenvalue weighted by atomic mass is 35.5. The van der Waals surface area contributed by atoms with Gasteiger partial charge in [0.15, 0.2) is 0 Å². The Kier molecular flexibility index (Phi) is 5.53. The molecule has 0 radical (unpaired) electrons. The summed E-state index contributed by atoms with van der Waals surface area (Å²) in [7, 11) is 0. The Bertz CT molecular complexity index is 732. The Morgan fingerprint density at radius 1 is 1.08 bits per heavy atom. The third-order valence-electron chi connectivity index (χ3n) is 4.03. The molecule has 0 aliphatic heterocycles. The summed E-state index contributed by atoms with van der Waals surface area (Å²) in [5.41, 5.74) is 0.730. The zero-order chi connectivity index (χ0) is 16.9. The van der Waals surface area contributed by atoms with Crippen LogP contribution in [0.4, 0.5) is 11.5 Å². The number of aromatic nitrogens is 2. The second-order valence-corrected chi connectivity index (χ2v) is 6.69. The number of carbonyl (C=O) groups excluding carboxylic acids is 1. The fourth-order valence-corrected chi connectivity index (χ4v) is 3.13. The lowest BCUT2D eigenvalue weighted by atomic mass is 9.95. The van der Waals surface area contributed by atoms with Crippen molar-refractivity contribution in [3.05, 3.63) is 46.3 Å². The lowest BCUT2D eigenvalue weighted by Gasteiger charge is -2.23. The Morgan fingerprint density at radius 3 is 2.67 bits per heavy atom. The van der Waals surface area contributed by atoms with E-state index < -0.39 is 0 Å². The molecule has 1 amide bonds. The highest BCUT2D eigenvalue weighted by molar-refractivity contribution is 6.35. The molecule has 1 aromatic carbocycles. The smallest absolute Gasteiger partial charge is 0.274 e. The number of nitrogens with one attached hydrogen (secondary N) is 2. The van der Waals surface area contributed by atoms with Crippen molar-refractivity contribution < 1.29 is 4.79 Å². The van der Waals surface area contributed by atoms with Crippen LogP contribution in [0.25, 0.3) is 0 Å². The number of amides is 1. The zero-order valence-electron chi connectivity index (χ0n) is 13.1. The summed E-state index contributed by atoms with van der Waals surface area (Å²) < 4.78 is 0. The van der Waals surface area contributed by atoms with Crippen LogP contribution in [0.5, 0.6) is 0 Å². The minimum Gasteiger partial charge on any atom is -0.367 e. The van der Waals surface area contributed by atoms with E-state index in [0.29, 0.717) is 27.6 Å². The highest BCUT2D eigenvalue weighted by Gasteiger charge is 2.15. The summed E-state index contributed by atoms with van der Waals surface area (Å²) in [6.45, 7) is 0. The third-order valence-corrected chi connectivity index (χ3v) is 4.60. The Labute approximate surface area is 150 Å². The molecule has 0 spiro atoms. The van der Waals surface area contributed by atoms with E-state index in [0.717, 1.165) is 12.8 Å². The van der Waals surface area contributed by atoms with Crippen LogP contribution < -0.4 is 10.6 Å². The second-order valence-electron chi connectivity index (χ2n) is 5.85. The molecule has 1 saturated carbocycles. The molecule has 2 aromatic rings. The van der Waals surface area contributed by atoms with Crippen LogP contribution in [0.2, 0.25) is 10.0 Å². The predicted molar refractivity (Wildman–Crippen MR) is 96.9 cm³/mol. The number of anilines is 2. The minimum absolute atomic E-state index is 0.277. The fraction of sp³-hybridized carbons (Fsp3) is 0.353. The van der Waals surface area contributed by atoms with E-state index in [4.69, 9.17) is 23.2 Å². The van der Waals surface area contributed by atoms with Crippen molar-refractivity contribution in [2.24, 2.45) is 0 Å². The van der Waals surface area contributed by atoms with Crippen LogP contribution >= 0.6 is 23.2 Å². The quantitative estimate of drug-likeness (QED) is 0.818. The van der Waals surface area contributed by atoms with E-state index in [2.05, 4.69) is 20.6 Å². The fourth-order valence-electron chi connectivity index (χ4n) is 2.80. The highest BCUT2D eigenvalue weighted by Crippen LogP contribution is 2.26. The number of rotatable bonds is 4. The molecule has 0 saturated heterocycles. The van der Waals surface area contributed by atoms with E-state index in [9.17, 15) is 4.79 Å². The molecular weight excluding hydrogens is 347 g/mol. The van der Waals surface area contributed by atoms with Gasteiger partial charge in [0.25, 0.3) is 5.91 Å². The average molecular weight is 365 g/mol. The van der Waals surface area contributed by atoms with Crippen molar-refractivity contribution in [2.75, 3.05) is 10.6 Å². The van der Waals surface area contributed by atoms with E-state index in [1.807, 2.05) is 0 Å². The maximum Gasteiger partial charge on any atom is 0.274 e. The van der Waals surface area contributed by atoms with Gasteiger partial charge in [-0.05, 0) is 31.0 Å². The second kappa shape index (κ2) is 7.81. The van der Waals surface area contributed by atoms with Gasteiger partial charge in [-0.15, -0.1) is 0 Å². The first-order chi connectivity index (χ1) is 11.6. The van der Waals surface area contributed by atoms with Crippen LogP contribution in [-0.4, -0.2) is 21.9 Å². The molecule has 1 aliphatic rings. The van der Waals surface area contributed by atoms with Crippen LogP contribution in [0.1, 0.15) is 42.6 Å². The maximum atomic E-state index is 12.4. The van der Waals surface area contributed by atoms with Crippen molar-refractivity contribution in [2.45, 2.75) is 38.1 Å². The van der Waals surface area contributed by atoms with Crippen molar-refractivity contribution >= 4 is 40.6 Å².